The second kappa shape index (κ2) is 6.82. The van der Waals surface area contributed by atoms with E-state index < -0.39 is 27.3 Å². The number of carbonyl (C=O) groups excluding carboxylic acids is 1. The van der Waals surface area contributed by atoms with Crippen LogP contribution in [-0.2, 0) is 15.6 Å². The summed E-state index contributed by atoms with van der Waals surface area (Å²) in [6.07, 6.45) is 0. The fourth-order valence-electron chi connectivity index (χ4n) is 1.85. The highest BCUT2D eigenvalue weighted by Gasteiger charge is 2.24. The van der Waals surface area contributed by atoms with Crippen LogP contribution in [0.5, 0.6) is 0 Å². The summed E-state index contributed by atoms with van der Waals surface area (Å²) in [7, 11) is -4.48. The highest BCUT2D eigenvalue weighted by molar-refractivity contribution is 7.90. The van der Waals surface area contributed by atoms with Crippen molar-refractivity contribution >= 4 is 21.6 Å². The van der Waals surface area contributed by atoms with Crippen molar-refractivity contribution in [3.8, 4) is 0 Å². The van der Waals surface area contributed by atoms with Gasteiger partial charge in [0, 0.05) is 11.3 Å². The molecule has 2 aromatic rings. The Bertz CT molecular complexity index is 806. The number of nitrogens with one attached hydrogen (secondary N) is 1. The number of nitrogens with zero attached hydrogens (tertiary/aromatic N) is 1. The molecule has 0 bridgehead atoms. The number of benzene rings is 1. The number of sulfone groups is 1. The number of pyridine rings is 1. The SMILES string of the molecule is Cc1cccc(NC(=O)c2ccc(CS(=O)(=O)C(F)F)cc2)n1. The van der Waals surface area contributed by atoms with E-state index in [1.165, 1.54) is 24.3 Å². The summed E-state index contributed by atoms with van der Waals surface area (Å²) in [4.78, 5) is 16.2. The molecule has 0 spiro atoms. The number of aromatic nitrogens is 1. The van der Waals surface area contributed by atoms with Crippen LogP contribution in [-0.4, -0.2) is 25.1 Å². The van der Waals surface area contributed by atoms with Crippen molar-refractivity contribution in [2.45, 2.75) is 18.4 Å². The van der Waals surface area contributed by atoms with Crippen molar-refractivity contribution in [3.63, 3.8) is 0 Å². The number of aryl methyl sites for hydroxylation is 1. The molecule has 0 aliphatic carbocycles. The molecule has 0 fully saturated rings. The van der Waals surface area contributed by atoms with Crippen LogP contribution in [0.3, 0.4) is 0 Å². The first-order valence-electron chi connectivity index (χ1n) is 6.61. The summed E-state index contributed by atoms with van der Waals surface area (Å²) in [6, 6.07) is 10.6. The van der Waals surface area contributed by atoms with Gasteiger partial charge in [0.1, 0.15) is 5.82 Å². The van der Waals surface area contributed by atoms with E-state index in [0.29, 0.717) is 5.82 Å². The van der Waals surface area contributed by atoms with Gasteiger partial charge in [-0.15, -0.1) is 0 Å². The maximum atomic E-state index is 12.3. The zero-order valence-electron chi connectivity index (χ0n) is 12.2. The molecular weight excluding hydrogens is 326 g/mol. The Labute approximate surface area is 132 Å². The maximum absolute atomic E-state index is 12.3. The standard InChI is InChI=1S/C15H14F2N2O3S/c1-10-3-2-4-13(18-10)19-14(20)12-7-5-11(6-8-12)9-23(21,22)15(16)17/h2-8,15H,9H2,1H3,(H,18,19,20). The molecule has 1 aromatic carbocycles. The molecule has 5 nitrogen and oxygen atoms in total. The van der Waals surface area contributed by atoms with Crippen LogP contribution in [0.1, 0.15) is 21.6 Å². The van der Waals surface area contributed by atoms with Crippen molar-refractivity contribution in [2.75, 3.05) is 5.32 Å². The summed E-state index contributed by atoms with van der Waals surface area (Å²) in [5, 5.41) is 2.60. The molecule has 0 aliphatic rings. The van der Waals surface area contributed by atoms with E-state index in [-0.39, 0.29) is 11.1 Å². The molecule has 1 aromatic heterocycles. The van der Waals surface area contributed by atoms with Crippen LogP contribution < -0.4 is 5.32 Å². The lowest BCUT2D eigenvalue weighted by molar-refractivity contribution is 0.102. The number of halogens is 2. The normalized spacial score (nSPS) is 11.5. The van der Waals surface area contributed by atoms with Crippen LogP contribution in [0.15, 0.2) is 42.5 Å². The fraction of sp³-hybridized carbons (Fsp3) is 0.200. The monoisotopic (exact) mass is 340 g/mol. The molecule has 2 rings (SSSR count). The number of anilines is 1. The Kier molecular flexibility index (Phi) is 5.05. The van der Waals surface area contributed by atoms with Gasteiger partial charge in [-0.1, -0.05) is 18.2 Å². The van der Waals surface area contributed by atoms with E-state index in [2.05, 4.69) is 10.3 Å². The van der Waals surface area contributed by atoms with E-state index in [1.807, 2.05) is 0 Å². The second-order valence-corrected chi connectivity index (χ2v) is 6.85. The number of carbonyl (C=O) groups is 1. The minimum atomic E-state index is -4.48. The number of rotatable bonds is 5. The summed E-state index contributed by atoms with van der Waals surface area (Å²) in [5.74, 6) is -4.23. The van der Waals surface area contributed by atoms with Gasteiger partial charge in [0.15, 0.2) is 0 Å². The van der Waals surface area contributed by atoms with Gasteiger partial charge < -0.3 is 5.32 Å². The van der Waals surface area contributed by atoms with Crippen molar-refractivity contribution in [1.82, 2.24) is 4.98 Å². The third-order valence-electron chi connectivity index (χ3n) is 2.99. The molecule has 0 unspecified atom stereocenters. The molecule has 23 heavy (non-hydrogen) atoms. The van der Waals surface area contributed by atoms with Crippen LogP contribution in [0.25, 0.3) is 0 Å². The molecule has 0 radical (unpaired) electrons. The lowest BCUT2D eigenvalue weighted by atomic mass is 10.1. The molecule has 0 saturated carbocycles. The van der Waals surface area contributed by atoms with Crippen LogP contribution in [0.2, 0.25) is 0 Å². The highest BCUT2D eigenvalue weighted by atomic mass is 32.2. The van der Waals surface area contributed by atoms with E-state index in [1.54, 1.807) is 25.1 Å². The van der Waals surface area contributed by atoms with Crippen LogP contribution in [0, 0.1) is 6.92 Å². The largest absolute Gasteiger partial charge is 0.337 e. The molecule has 1 N–H and O–H groups in total. The summed E-state index contributed by atoms with van der Waals surface area (Å²) >= 11 is 0. The Morgan fingerprint density at radius 2 is 1.83 bits per heavy atom. The smallest absolute Gasteiger partial charge is 0.307 e. The van der Waals surface area contributed by atoms with Crippen LogP contribution in [0.4, 0.5) is 14.6 Å². The highest BCUT2D eigenvalue weighted by Crippen LogP contribution is 2.15. The minimum Gasteiger partial charge on any atom is -0.307 e. The molecule has 8 heteroatoms. The van der Waals surface area contributed by atoms with E-state index in [4.69, 9.17) is 0 Å². The molecule has 1 amide bonds. The van der Waals surface area contributed by atoms with Gasteiger partial charge in [-0.25, -0.2) is 13.4 Å². The Hall–Kier alpha value is -2.35. The Morgan fingerprint density at radius 3 is 2.39 bits per heavy atom. The average molecular weight is 340 g/mol. The van der Waals surface area contributed by atoms with Gasteiger partial charge >= 0.3 is 5.76 Å². The topological polar surface area (TPSA) is 76.1 Å². The van der Waals surface area contributed by atoms with Gasteiger partial charge in [-0.05, 0) is 36.8 Å². The van der Waals surface area contributed by atoms with E-state index >= 15 is 0 Å². The number of amides is 1. The van der Waals surface area contributed by atoms with Gasteiger partial charge in [-0.2, -0.15) is 8.78 Å². The first-order valence-corrected chi connectivity index (χ1v) is 8.33. The summed E-state index contributed by atoms with van der Waals surface area (Å²) < 4.78 is 47.0. The molecular formula is C15H14F2N2O3S. The fourth-order valence-corrected chi connectivity index (χ4v) is 2.63. The molecule has 0 atom stereocenters. The van der Waals surface area contributed by atoms with Gasteiger partial charge in [0.2, 0.25) is 9.84 Å². The number of hydrogen-bond acceptors (Lipinski definition) is 4. The lowest BCUT2D eigenvalue weighted by Crippen LogP contribution is -2.15. The van der Waals surface area contributed by atoms with Crippen molar-refractivity contribution < 1.29 is 22.0 Å². The predicted molar refractivity (Wildman–Crippen MR) is 82.0 cm³/mol. The molecule has 1 heterocycles. The maximum Gasteiger partial charge on any atom is 0.337 e. The quantitative estimate of drug-likeness (QED) is 0.908. The lowest BCUT2D eigenvalue weighted by Gasteiger charge is -2.07. The average Bonchev–Trinajstić information content (AvgIpc) is 2.47. The zero-order chi connectivity index (χ0) is 17.0. The molecule has 122 valence electrons. The summed E-state index contributed by atoms with van der Waals surface area (Å²) in [6.45, 7) is 1.79. The zero-order valence-corrected chi connectivity index (χ0v) is 13.0. The van der Waals surface area contributed by atoms with Crippen molar-refractivity contribution in [1.29, 1.82) is 0 Å². The third-order valence-corrected chi connectivity index (χ3v) is 4.26. The Balaban J connectivity index is 2.09. The predicted octanol–water partition coefficient (Wildman–Crippen LogP) is 2.78. The summed E-state index contributed by atoms with van der Waals surface area (Å²) in [5.41, 5.74) is 1.21. The molecule has 0 saturated heterocycles. The first-order chi connectivity index (χ1) is 10.8. The van der Waals surface area contributed by atoms with E-state index in [9.17, 15) is 22.0 Å². The third kappa shape index (κ3) is 4.56. The van der Waals surface area contributed by atoms with Crippen molar-refractivity contribution in [2.24, 2.45) is 0 Å². The molecule has 0 aliphatic heterocycles. The second-order valence-electron chi connectivity index (χ2n) is 4.88. The Morgan fingerprint density at radius 1 is 1.17 bits per heavy atom. The van der Waals surface area contributed by atoms with Crippen molar-refractivity contribution in [3.05, 3.63) is 59.3 Å². The van der Waals surface area contributed by atoms with Gasteiger partial charge in [-0.3, -0.25) is 4.79 Å². The van der Waals surface area contributed by atoms with Crippen LogP contribution >= 0.6 is 0 Å². The number of hydrogen-bond donors (Lipinski definition) is 1. The van der Waals surface area contributed by atoms with Gasteiger partial charge in [0.25, 0.3) is 5.91 Å². The van der Waals surface area contributed by atoms with Gasteiger partial charge in [0.05, 0.1) is 5.75 Å². The van der Waals surface area contributed by atoms with E-state index in [0.717, 1.165) is 5.69 Å². The minimum absolute atomic E-state index is 0.190. The number of alkyl halides is 2. The first kappa shape index (κ1) is 17.0.